The molecule has 4 rings (SSSR count). The maximum atomic E-state index is 14.2. The Morgan fingerprint density at radius 1 is 0.906 bits per heavy atom. The first-order valence-electron chi connectivity index (χ1n) is 10.4. The molecule has 5 nitrogen and oxygen atoms in total. The lowest BCUT2D eigenvalue weighted by molar-refractivity contribution is -0.137. The SMILES string of the molecule is CCOc1ccc(NC2=C(c3ccc(C)cc3)C(=O)N(Cc3ccccc3F)C2=O)cc1. The highest BCUT2D eigenvalue weighted by atomic mass is 19.1. The molecule has 1 heterocycles. The number of benzene rings is 3. The molecular weight excluding hydrogens is 407 g/mol. The summed E-state index contributed by atoms with van der Waals surface area (Å²) in [4.78, 5) is 27.7. The molecule has 0 spiro atoms. The van der Waals surface area contributed by atoms with Crippen molar-refractivity contribution in [3.63, 3.8) is 0 Å². The van der Waals surface area contributed by atoms with E-state index in [1.807, 2.05) is 38.1 Å². The van der Waals surface area contributed by atoms with Crippen molar-refractivity contribution in [3.8, 4) is 5.75 Å². The lowest BCUT2D eigenvalue weighted by atomic mass is 10.0. The summed E-state index contributed by atoms with van der Waals surface area (Å²) in [7, 11) is 0. The Bertz CT molecular complexity index is 1180. The van der Waals surface area contributed by atoms with Crippen LogP contribution >= 0.6 is 0 Å². The number of carbonyl (C=O) groups excluding carboxylic acids is 2. The maximum absolute atomic E-state index is 14.2. The zero-order valence-corrected chi connectivity index (χ0v) is 17.9. The minimum Gasteiger partial charge on any atom is -0.494 e. The lowest BCUT2D eigenvalue weighted by Crippen LogP contribution is -2.32. The van der Waals surface area contributed by atoms with Crippen LogP contribution in [0.15, 0.2) is 78.5 Å². The summed E-state index contributed by atoms with van der Waals surface area (Å²) in [6, 6.07) is 20.6. The molecule has 0 aliphatic carbocycles. The Hall–Kier alpha value is -3.93. The van der Waals surface area contributed by atoms with Crippen molar-refractivity contribution >= 4 is 23.1 Å². The van der Waals surface area contributed by atoms with Crippen LogP contribution in [0, 0.1) is 12.7 Å². The van der Waals surface area contributed by atoms with E-state index in [1.165, 1.54) is 6.07 Å². The molecule has 2 amide bonds. The lowest BCUT2D eigenvalue weighted by Gasteiger charge is -2.16. The Labute approximate surface area is 186 Å². The number of carbonyl (C=O) groups is 2. The molecule has 0 unspecified atom stereocenters. The van der Waals surface area contributed by atoms with Gasteiger partial charge in [0.05, 0.1) is 18.7 Å². The molecule has 0 radical (unpaired) electrons. The number of nitrogens with one attached hydrogen (secondary N) is 1. The normalized spacial score (nSPS) is 13.7. The van der Waals surface area contributed by atoms with Gasteiger partial charge < -0.3 is 10.1 Å². The van der Waals surface area contributed by atoms with Gasteiger partial charge in [0.25, 0.3) is 11.8 Å². The molecule has 0 bridgehead atoms. The third kappa shape index (κ3) is 4.25. The number of nitrogens with zero attached hydrogens (tertiary/aromatic N) is 1. The number of anilines is 1. The highest BCUT2D eigenvalue weighted by molar-refractivity contribution is 6.36. The number of imide groups is 1. The van der Waals surface area contributed by atoms with Gasteiger partial charge in [-0.2, -0.15) is 0 Å². The Kier molecular flexibility index (Phi) is 6.03. The zero-order chi connectivity index (χ0) is 22.7. The van der Waals surface area contributed by atoms with Crippen LogP contribution in [0.25, 0.3) is 5.57 Å². The monoisotopic (exact) mass is 430 g/mol. The first-order chi connectivity index (χ1) is 15.5. The Morgan fingerprint density at radius 2 is 1.59 bits per heavy atom. The third-order valence-electron chi connectivity index (χ3n) is 5.23. The second kappa shape index (κ2) is 9.06. The van der Waals surface area contributed by atoms with Crippen molar-refractivity contribution in [3.05, 3.63) is 101 Å². The van der Waals surface area contributed by atoms with E-state index in [2.05, 4.69) is 5.32 Å². The highest BCUT2D eigenvalue weighted by Crippen LogP contribution is 2.32. The van der Waals surface area contributed by atoms with E-state index in [1.54, 1.807) is 42.5 Å². The molecule has 0 saturated heterocycles. The van der Waals surface area contributed by atoms with E-state index < -0.39 is 17.6 Å². The third-order valence-corrected chi connectivity index (χ3v) is 5.23. The fourth-order valence-corrected chi connectivity index (χ4v) is 3.57. The zero-order valence-electron chi connectivity index (χ0n) is 17.9. The summed E-state index contributed by atoms with van der Waals surface area (Å²) in [5.41, 5.74) is 3.01. The molecule has 1 N–H and O–H groups in total. The molecule has 3 aromatic rings. The van der Waals surface area contributed by atoms with Crippen LogP contribution in [0.5, 0.6) is 5.75 Å². The quantitative estimate of drug-likeness (QED) is 0.541. The molecule has 162 valence electrons. The molecule has 0 atom stereocenters. The largest absolute Gasteiger partial charge is 0.494 e. The summed E-state index contributed by atoms with van der Waals surface area (Å²) in [5, 5.41) is 3.10. The van der Waals surface area contributed by atoms with Crippen molar-refractivity contribution in [1.82, 2.24) is 4.90 Å². The van der Waals surface area contributed by atoms with Gasteiger partial charge in [-0.3, -0.25) is 14.5 Å². The molecular formula is C26H23FN2O3. The van der Waals surface area contributed by atoms with Gasteiger partial charge in [-0.15, -0.1) is 0 Å². The number of amides is 2. The molecule has 6 heteroatoms. The van der Waals surface area contributed by atoms with Crippen molar-refractivity contribution in [2.75, 3.05) is 11.9 Å². The van der Waals surface area contributed by atoms with Crippen LogP contribution in [0.1, 0.15) is 23.6 Å². The van der Waals surface area contributed by atoms with E-state index in [-0.39, 0.29) is 23.4 Å². The van der Waals surface area contributed by atoms with Crippen molar-refractivity contribution in [2.24, 2.45) is 0 Å². The van der Waals surface area contributed by atoms with Crippen LogP contribution < -0.4 is 10.1 Å². The fourth-order valence-electron chi connectivity index (χ4n) is 3.57. The second-order valence-electron chi connectivity index (χ2n) is 7.49. The van der Waals surface area contributed by atoms with E-state index in [9.17, 15) is 14.0 Å². The van der Waals surface area contributed by atoms with Crippen molar-refractivity contribution < 1.29 is 18.7 Å². The van der Waals surface area contributed by atoms with Gasteiger partial charge in [0.2, 0.25) is 0 Å². The summed E-state index contributed by atoms with van der Waals surface area (Å²) in [6.07, 6.45) is 0. The Morgan fingerprint density at radius 3 is 2.25 bits per heavy atom. The van der Waals surface area contributed by atoms with Crippen molar-refractivity contribution in [2.45, 2.75) is 20.4 Å². The maximum Gasteiger partial charge on any atom is 0.278 e. The minimum atomic E-state index is -0.497. The fraction of sp³-hybridized carbons (Fsp3) is 0.154. The second-order valence-corrected chi connectivity index (χ2v) is 7.49. The predicted molar refractivity (Wildman–Crippen MR) is 121 cm³/mol. The van der Waals surface area contributed by atoms with E-state index in [4.69, 9.17) is 4.74 Å². The van der Waals surface area contributed by atoms with Crippen LogP contribution in [-0.4, -0.2) is 23.3 Å². The topological polar surface area (TPSA) is 58.6 Å². The van der Waals surface area contributed by atoms with Gasteiger partial charge >= 0.3 is 0 Å². The summed E-state index contributed by atoms with van der Waals surface area (Å²) >= 11 is 0. The molecule has 0 aromatic heterocycles. The summed E-state index contributed by atoms with van der Waals surface area (Å²) in [5.74, 6) is -0.711. The molecule has 1 aliphatic rings. The number of rotatable bonds is 7. The van der Waals surface area contributed by atoms with Crippen LogP contribution in [-0.2, 0) is 16.1 Å². The Balaban J connectivity index is 1.70. The number of halogens is 1. The van der Waals surface area contributed by atoms with Crippen LogP contribution in [0.4, 0.5) is 10.1 Å². The number of ether oxygens (including phenoxy) is 1. The van der Waals surface area contributed by atoms with Crippen molar-refractivity contribution in [1.29, 1.82) is 0 Å². The van der Waals surface area contributed by atoms with Gasteiger partial charge in [0, 0.05) is 11.3 Å². The van der Waals surface area contributed by atoms with Gasteiger partial charge in [-0.1, -0.05) is 48.0 Å². The molecule has 32 heavy (non-hydrogen) atoms. The van der Waals surface area contributed by atoms with E-state index in [0.29, 0.717) is 23.6 Å². The minimum absolute atomic E-state index is 0.145. The van der Waals surface area contributed by atoms with Gasteiger partial charge in [-0.05, 0) is 49.7 Å². The summed E-state index contributed by atoms with van der Waals surface area (Å²) in [6.45, 7) is 4.25. The number of hydrogen-bond acceptors (Lipinski definition) is 4. The van der Waals surface area contributed by atoms with Crippen LogP contribution in [0.3, 0.4) is 0 Å². The average molecular weight is 430 g/mol. The molecule has 3 aromatic carbocycles. The van der Waals surface area contributed by atoms with Gasteiger partial charge in [-0.25, -0.2) is 4.39 Å². The van der Waals surface area contributed by atoms with Gasteiger partial charge in [0.15, 0.2) is 0 Å². The first kappa shape index (κ1) is 21.3. The first-order valence-corrected chi connectivity index (χ1v) is 10.4. The standard InChI is InChI=1S/C26H23FN2O3/c1-3-32-21-14-12-20(13-15-21)28-24-23(18-10-8-17(2)9-11-18)25(30)29(26(24)31)16-19-6-4-5-7-22(19)27/h4-15,28H,3,16H2,1-2H3. The number of hydrogen-bond donors (Lipinski definition) is 1. The van der Waals surface area contributed by atoms with Gasteiger partial charge in [0.1, 0.15) is 17.3 Å². The smallest absolute Gasteiger partial charge is 0.278 e. The summed E-state index contributed by atoms with van der Waals surface area (Å²) < 4.78 is 19.7. The molecule has 0 saturated carbocycles. The highest BCUT2D eigenvalue weighted by Gasteiger charge is 2.39. The van der Waals surface area contributed by atoms with E-state index >= 15 is 0 Å². The average Bonchev–Trinajstić information content (AvgIpc) is 3.01. The predicted octanol–water partition coefficient (Wildman–Crippen LogP) is 4.93. The van der Waals surface area contributed by atoms with Crippen LogP contribution in [0.2, 0.25) is 0 Å². The van der Waals surface area contributed by atoms with E-state index in [0.717, 1.165) is 10.5 Å². The molecule has 1 aliphatic heterocycles. The number of aryl methyl sites for hydroxylation is 1. The molecule has 0 fully saturated rings.